The average Bonchev–Trinajstić information content (AvgIpc) is 2.51. The van der Waals surface area contributed by atoms with Crippen molar-refractivity contribution < 1.29 is 4.74 Å². The number of methoxy groups -OCH3 is 1. The van der Waals surface area contributed by atoms with Crippen molar-refractivity contribution in [2.24, 2.45) is 11.7 Å². The lowest BCUT2D eigenvalue weighted by atomic mass is 9.88. The van der Waals surface area contributed by atoms with E-state index in [-0.39, 0.29) is 37.2 Å². The molecule has 0 aromatic heterocycles. The van der Waals surface area contributed by atoms with Gasteiger partial charge >= 0.3 is 0 Å². The highest BCUT2D eigenvalue weighted by molar-refractivity contribution is 5.86. The van der Waals surface area contributed by atoms with E-state index in [2.05, 4.69) is 42.8 Å². The third kappa shape index (κ3) is 7.49. The Morgan fingerprint density at radius 2 is 1.76 bits per heavy atom. The molecule has 0 saturated carbocycles. The summed E-state index contributed by atoms with van der Waals surface area (Å²) in [6, 6.07) is 9.64. The summed E-state index contributed by atoms with van der Waals surface area (Å²) in [7, 11) is 3.94. The average molecular weight is 415 g/mol. The standard InChI is InChI=1S/C18H31N3O.3ClH/c1-14-12-20(3)15(2)11-18(14)21(10-9-19)13-16-5-7-17(22-4)8-6-16;;;/h5-8,14-15,18H,9-13,19H2,1-4H3;3*1H. The van der Waals surface area contributed by atoms with Gasteiger partial charge < -0.3 is 15.4 Å². The topological polar surface area (TPSA) is 41.7 Å². The molecular weight excluding hydrogens is 381 g/mol. The zero-order valence-corrected chi connectivity index (χ0v) is 18.1. The molecule has 0 spiro atoms. The molecule has 1 aliphatic heterocycles. The third-order valence-corrected chi connectivity index (χ3v) is 5.00. The van der Waals surface area contributed by atoms with Gasteiger partial charge in [0.25, 0.3) is 0 Å². The van der Waals surface area contributed by atoms with Crippen molar-refractivity contribution in [3.8, 4) is 5.75 Å². The fraction of sp³-hybridized carbons (Fsp3) is 0.667. The van der Waals surface area contributed by atoms with Gasteiger partial charge in [0, 0.05) is 38.3 Å². The first kappa shape index (κ1) is 27.0. The van der Waals surface area contributed by atoms with Gasteiger partial charge in [-0.2, -0.15) is 0 Å². The van der Waals surface area contributed by atoms with Crippen LogP contribution in [-0.4, -0.2) is 55.7 Å². The molecule has 1 aliphatic rings. The Balaban J connectivity index is 0. The van der Waals surface area contributed by atoms with E-state index in [0.717, 1.165) is 25.4 Å². The summed E-state index contributed by atoms with van der Waals surface area (Å²) in [5.74, 6) is 1.58. The number of rotatable bonds is 6. The van der Waals surface area contributed by atoms with Crippen LogP contribution in [0.1, 0.15) is 25.8 Å². The van der Waals surface area contributed by atoms with Crippen LogP contribution in [0.3, 0.4) is 0 Å². The third-order valence-electron chi connectivity index (χ3n) is 5.00. The Hall–Kier alpha value is -0.230. The second-order valence-electron chi connectivity index (χ2n) is 6.68. The van der Waals surface area contributed by atoms with Gasteiger partial charge in [-0.15, -0.1) is 37.2 Å². The Kier molecular flexibility index (Phi) is 14.1. The summed E-state index contributed by atoms with van der Waals surface area (Å²) < 4.78 is 5.24. The van der Waals surface area contributed by atoms with E-state index in [0.29, 0.717) is 24.5 Å². The number of piperidine rings is 1. The number of likely N-dealkylation sites (tertiary alicyclic amines) is 1. The zero-order valence-electron chi connectivity index (χ0n) is 15.7. The van der Waals surface area contributed by atoms with Gasteiger partial charge in [0.1, 0.15) is 5.75 Å². The largest absolute Gasteiger partial charge is 0.497 e. The molecule has 4 nitrogen and oxygen atoms in total. The van der Waals surface area contributed by atoms with Gasteiger partial charge in [0.05, 0.1) is 7.11 Å². The van der Waals surface area contributed by atoms with Crippen molar-refractivity contribution in [1.29, 1.82) is 0 Å². The van der Waals surface area contributed by atoms with E-state index in [1.165, 1.54) is 12.0 Å². The zero-order chi connectivity index (χ0) is 16.1. The smallest absolute Gasteiger partial charge is 0.118 e. The highest BCUT2D eigenvalue weighted by atomic mass is 35.5. The first-order valence-electron chi connectivity index (χ1n) is 8.32. The fourth-order valence-corrected chi connectivity index (χ4v) is 3.52. The van der Waals surface area contributed by atoms with E-state index >= 15 is 0 Å². The van der Waals surface area contributed by atoms with Crippen molar-refractivity contribution in [3.05, 3.63) is 29.8 Å². The molecule has 3 atom stereocenters. The van der Waals surface area contributed by atoms with Crippen LogP contribution in [-0.2, 0) is 6.54 Å². The van der Waals surface area contributed by atoms with Crippen LogP contribution >= 0.6 is 37.2 Å². The second kappa shape index (κ2) is 13.0. The number of hydrogen-bond acceptors (Lipinski definition) is 4. The van der Waals surface area contributed by atoms with Gasteiger partial charge in [-0.05, 0) is 44.0 Å². The summed E-state index contributed by atoms with van der Waals surface area (Å²) in [6.07, 6.45) is 1.22. The molecule has 1 saturated heterocycles. The number of benzene rings is 1. The predicted octanol–water partition coefficient (Wildman–Crippen LogP) is 3.45. The van der Waals surface area contributed by atoms with Crippen LogP contribution in [0, 0.1) is 5.92 Å². The van der Waals surface area contributed by atoms with Gasteiger partial charge in [-0.25, -0.2) is 0 Å². The number of nitrogens with two attached hydrogens (primary N) is 1. The maximum atomic E-state index is 5.87. The van der Waals surface area contributed by atoms with Gasteiger partial charge in [-0.1, -0.05) is 19.1 Å². The minimum Gasteiger partial charge on any atom is -0.497 e. The van der Waals surface area contributed by atoms with Crippen LogP contribution < -0.4 is 10.5 Å². The molecule has 1 fully saturated rings. The van der Waals surface area contributed by atoms with Crippen LogP contribution in [0.2, 0.25) is 0 Å². The number of ether oxygens (including phenoxy) is 1. The molecule has 1 heterocycles. The van der Waals surface area contributed by atoms with Crippen molar-refractivity contribution in [1.82, 2.24) is 9.80 Å². The normalized spacial score (nSPS) is 23.2. The van der Waals surface area contributed by atoms with Crippen LogP contribution in [0.25, 0.3) is 0 Å². The maximum Gasteiger partial charge on any atom is 0.118 e. The van der Waals surface area contributed by atoms with E-state index < -0.39 is 0 Å². The molecule has 0 aliphatic carbocycles. The van der Waals surface area contributed by atoms with Crippen LogP contribution in [0.5, 0.6) is 5.75 Å². The molecule has 2 N–H and O–H groups in total. The monoisotopic (exact) mass is 413 g/mol. The maximum absolute atomic E-state index is 5.87. The summed E-state index contributed by atoms with van der Waals surface area (Å²) in [6.45, 7) is 8.49. The number of hydrogen-bond donors (Lipinski definition) is 1. The van der Waals surface area contributed by atoms with Crippen LogP contribution in [0.4, 0.5) is 0 Å². The quantitative estimate of drug-likeness (QED) is 0.774. The Labute approximate surface area is 171 Å². The molecule has 1 aromatic carbocycles. The minimum absolute atomic E-state index is 0. The predicted molar refractivity (Wildman–Crippen MR) is 114 cm³/mol. The summed E-state index contributed by atoms with van der Waals surface area (Å²) in [5, 5.41) is 0. The molecule has 25 heavy (non-hydrogen) atoms. The Bertz CT molecular complexity index is 461. The van der Waals surface area contributed by atoms with E-state index in [9.17, 15) is 0 Å². The first-order chi connectivity index (χ1) is 10.5. The lowest BCUT2D eigenvalue weighted by Gasteiger charge is -2.45. The fourth-order valence-electron chi connectivity index (χ4n) is 3.52. The van der Waals surface area contributed by atoms with E-state index in [4.69, 9.17) is 10.5 Å². The second-order valence-corrected chi connectivity index (χ2v) is 6.68. The van der Waals surface area contributed by atoms with Gasteiger partial charge in [0.2, 0.25) is 0 Å². The molecule has 3 unspecified atom stereocenters. The molecule has 0 amide bonds. The molecule has 0 radical (unpaired) electrons. The minimum atomic E-state index is 0. The molecule has 7 heteroatoms. The molecular formula is C18H34Cl3N3O. The number of nitrogens with zero attached hydrogens (tertiary/aromatic N) is 2. The van der Waals surface area contributed by atoms with Gasteiger partial charge in [0.15, 0.2) is 0 Å². The van der Waals surface area contributed by atoms with Gasteiger partial charge in [-0.3, -0.25) is 4.90 Å². The Morgan fingerprint density at radius 3 is 2.28 bits per heavy atom. The lowest BCUT2D eigenvalue weighted by molar-refractivity contribution is 0.0428. The Morgan fingerprint density at radius 1 is 1.16 bits per heavy atom. The van der Waals surface area contributed by atoms with E-state index in [1.54, 1.807) is 7.11 Å². The highest BCUT2D eigenvalue weighted by Gasteiger charge is 2.32. The highest BCUT2D eigenvalue weighted by Crippen LogP contribution is 2.26. The summed E-state index contributed by atoms with van der Waals surface area (Å²) in [5.41, 5.74) is 7.20. The first-order valence-corrected chi connectivity index (χ1v) is 8.32. The lowest BCUT2D eigenvalue weighted by Crippen LogP contribution is -2.53. The van der Waals surface area contributed by atoms with Crippen molar-refractivity contribution >= 4 is 37.2 Å². The van der Waals surface area contributed by atoms with Crippen molar-refractivity contribution in [2.75, 3.05) is 33.8 Å². The van der Waals surface area contributed by atoms with Crippen LogP contribution in [0.15, 0.2) is 24.3 Å². The van der Waals surface area contributed by atoms with Crippen molar-refractivity contribution in [2.45, 2.75) is 38.9 Å². The molecule has 1 aromatic rings. The molecule has 2 rings (SSSR count). The van der Waals surface area contributed by atoms with E-state index in [1.807, 2.05) is 12.1 Å². The number of halogens is 3. The van der Waals surface area contributed by atoms with Crippen molar-refractivity contribution in [3.63, 3.8) is 0 Å². The summed E-state index contributed by atoms with van der Waals surface area (Å²) in [4.78, 5) is 5.03. The SMILES string of the molecule is COc1ccc(CN(CCN)C2CC(C)N(C)CC2C)cc1.Cl.Cl.Cl. The molecule has 0 bridgehead atoms. The molecule has 148 valence electrons. The summed E-state index contributed by atoms with van der Waals surface area (Å²) >= 11 is 0.